The zero-order chi connectivity index (χ0) is 16.1. The van der Waals surface area contributed by atoms with Crippen molar-refractivity contribution in [3.8, 4) is 11.3 Å². The third-order valence-corrected chi connectivity index (χ3v) is 5.83. The van der Waals surface area contributed by atoms with Crippen LogP contribution in [0.2, 0.25) is 0 Å². The lowest BCUT2D eigenvalue weighted by molar-refractivity contribution is 0.189. The molecule has 2 N–H and O–H groups in total. The zero-order valence-electron chi connectivity index (χ0n) is 14.1. The number of aromatic nitrogens is 3. The first-order valence-electron chi connectivity index (χ1n) is 9.33. The van der Waals surface area contributed by atoms with Crippen LogP contribution in [-0.2, 0) is 0 Å². The number of nitrogens with zero attached hydrogens (tertiary/aromatic N) is 4. The minimum Gasteiger partial charge on any atom is -0.356 e. The first kappa shape index (κ1) is 14.5. The van der Waals surface area contributed by atoms with E-state index in [9.17, 15) is 0 Å². The Morgan fingerprint density at radius 2 is 2.00 bits per heavy atom. The average molecular weight is 323 g/mol. The summed E-state index contributed by atoms with van der Waals surface area (Å²) in [4.78, 5) is 7.29. The molecular weight excluding hydrogens is 298 g/mol. The summed E-state index contributed by atoms with van der Waals surface area (Å²) in [6, 6.07) is 6.93. The van der Waals surface area contributed by atoms with Crippen LogP contribution in [0.3, 0.4) is 0 Å². The van der Waals surface area contributed by atoms with Crippen LogP contribution in [0, 0.1) is 5.92 Å². The van der Waals surface area contributed by atoms with Gasteiger partial charge in [0.25, 0.3) is 0 Å². The van der Waals surface area contributed by atoms with Crippen LogP contribution >= 0.6 is 0 Å². The molecule has 3 fully saturated rings. The van der Waals surface area contributed by atoms with Gasteiger partial charge in [-0.05, 0) is 56.7 Å². The quantitative estimate of drug-likeness (QED) is 0.919. The van der Waals surface area contributed by atoms with Gasteiger partial charge in [-0.1, -0.05) is 6.07 Å². The van der Waals surface area contributed by atoms with E-state index in [4.69, 9.17) is 15.8 Å². The topological polar surface area (TPSA) is 60.0 Å². The molecule has 126 valence electrons. The van der Waals surface area contributed by atoms with Gasteiger partial charge in [0.1, 0.15) is 5.82 Å². The van der Waals surface area contributed by atoms with Gasteiger partial charge in [0.15, 0.2) is 0 Å². The maximum atomic E-state index is 5.78. The van der Waals surface area contributed by atoms with Crippen molar-refractivity contribution in [2.75, 3.05) is 24.5 Å². The monoisotopic (exact) mass is 323 g/mol. The van der Waals surface area contributed by atoms with E-state index < -0.39 is 0 Å². The van der Waals surface area contributed by atoms with Crippen molar-refractivity contribution >= 4 is 5.82 Å². The number of hydrogen-bond donors (Lipinski definition) is 1. The second kappa shape index (κ2) is 5.59. The molecule has 5 rings (SSSR count). The van der Waals surface area contributed by atoms with Gasteiger partial charge in [0.2, 0.25) is 0 Å². The minimum absolute atomic E-state index is 0.531. The van der Waals surface area contributed by atoms with Gasteiger partial charge < -0.3 is 10.6 Å². The van der Waals surface area contributed by atoms with Crippen molar-refractivity contribution < 1.29 is 0 Å². The lowest BCUT2D eigenvalue weighted by Gasteiger charge is -2.34. The predicted molar refractivity (Wildman–Crippen MR) is 95.1 cm³/mol. The fourth-order valence-electron chi connectivity index (χ4n) is 3.85. The van der Waals surface area contributed by atoms with E-state index >= 15 is 0 Å². The Balaban J connectivity index is 1.47. The molecule has 2 aliphatic carbocycles. The van der Waals surface area contributed by atoms with Crippen LogP contribution in [0.1, 0.15) is 49.8 Å². The van der Waals surface area contributed by atoms with Crippen LogP contribution in [0.4, 0.5) is 5.82 Å². The molecule has 3 aliphatic rings. The molecule has 5 heteroatoms. The third-order valence-electron chi connectivity index (χ3n) is 5.83. The van der Waals surface area contributed by atoms with E-state index in [1.54, 1.807) is 0 Å². The van der Waals surface area contributed by atoms with Crippen LogP contribution in [0.5, 0.6) is 0 Å². The van der Waals surface area contributed by atoms with Gasteiger partial charge in [-0.2, -0.15) is 5.10 Å². The molecule has 0 bridgehead atoms. The average Bonchev–Trinajstić information content (AvgIpc) is 3.25. The van der Waals surface area contributed by atoms with E-state index in [0.29, 0.717) is 17.9 Å². The predicted octanol–water partition coefficient (Wildman–Crippen LogP) is 2.94. The molecule has 1 saturated heterocycles. The summed E-state index contributed by atoms with van der Waals surface area (Å²) in [6.07, 6.45) is 8.40. The van der Waals surface area contributed by atoms with E-state index in [-0.39, 0.29) is 0 Å². The van der Waals surface area contributed by atoms with Crippen LogP contribution in [-0.4, -0.2) is 34.4 Å². The maximum absolute atomic E-state index is 5.78. The maximum Gasteiger partial charge on any atom is 0.129 e. The molecule has 24 heavy (non-hydrogen) atoms. The van der Waals surface area contributed by atoms with Crippen molar-refractivity contribution in [1.29, 1.82) is 0 Å². The number of rotatable bonds is 5. The third kappa shape index (κ3) is 2.42. The lowest BCUT2D eigenvalue weighted by atomic mass is 9.80. The largest absolute Gasteiger partial charge is 0.356 e. The molecule has 5 nitrogen and oxygen atoms in total. The fourth-order valence-corrected chi connectivity index (χ4v) is 3.85. The van der Waals surface area contributed by atoms with Crippen molar-refractivity contribution in [2.45, 2.75) is 44.1 Å². The van der Waals surface area contributed by atoms with Gasteiger partial charge in [-0.25, -0.2) is 4.98 Å². The molecule has 0 amide bonds. The molecule has 2 aromatic heterocycles. The zero-order valence-corrected chi connectivity index (χ0v) is 14.1. The van der Waals surface area contributed by atoms with Crippen molar-refractivity contribution in [1.82, 2.24) is 14.8 Å². The molecule has 1 aliphatic heterocycles. The van der Waals surface area contributed by atoms with E-state index in [2.05, 4.69) is 34.0 Å². The summed E-state index contributed by atoms with van der Waals surface area (Å²) >= 11 is 0. The number of nitrogens with two attached hydrogens (primary N) is 1. The second-order valence-electron chi connectivity index (χ2n) is 7.63. The SMILES string of the molecule is NCC1CC(n2cc(-c3cccc(N4CCC4)n3)c(C3CC3)n2)C1. The highest BCUT2D eigenvalue weighted by Crippen LogP contribution is 2.45. The standard InChI is InChI=1S/C19H25N5/c20-11-13-9-15(10-13)24-12-16(19(22-24)14-5-6-14)17-3-1-4-18(21-17)23-7-2-8-23/h1,3-4,12-15H,2,5-11,20H2. The summed E-state index contributed by atoms with van der Waals surface area (Å²) in [5.41, 5.74) is 9.37. The van der Waals surface area contributed by atoms with Crippen LogP contribution in [0.15, 0.2) is 24.4 Å². The first-order valence-corrected chi connectivity index (χ1v) is 9.33. The Morgan fingerprint density at radius 3 is 2.67 bits per heavy atom. The highest BCUT2D eigenvalue weighted by atomic mass is 15.3. The van der Waals surface area contributed by atoms with Gasteiger partial charge in [0.05, 0.1) is 17.4 Å². The molecule has 0 spiro atoms. The molecule has 0 unspecified atom stereocenters. The van der Waals surface area contributed by atoms with Gasteiger partial charge in [0, 0.05) is 30.8 Å². The van der Waals surface area contributed by atoms with E-state index in [0.717, 1.165) is 31.1 Å². The normalized spacial score (nSPS) is 26.1. The summed E-state index contributed by atoms with van der Waals surface area (Å²) in [7, 11) is 0. The van der Waals surface area contributed by atoms with Crippen molar-refractivity contribution in [3.63, 3.8) is 0 Å². The lowest BCUT2D eigenvalue weighted by Crippen LogP contribution is -2.37. The smallest absolute Gasteiger partial charge is 0.129 e. The highest BCUT2D eigenvalue weighted by molar-refractivity contribution is 5.65. The minimum atomic E-state index is 0.531. The molecule has 0 aromatic carbocycles. The summed E-state index contributed by atoms with van der Waals surface area (Å²) in [5, 5.41) is 4.97. The number of anilines is 1. The van der Waals surface area contributed by atoms with Crippen LogP contribution in [0.25, 0.3) is 11.3 Å². The second-order valence-corrected chi connectivity index (χ2v) is 7.63. The van der Waals surface area contributed by atoms with Gasteiger partial charge in [-0.3, -0.25) is 4.68 Å². The Labute approximate surface area is 142 Å². The van der Waals surface area contributed by atoms with Crippen LogP contribution < -0.4 is 10.6 Å². The van der Waals surface area contributed by atoms with Gasteiger partial charge >= 0.3 is 0 Å². The summed E-state index contributed by atoms with van der Waals surface area (Å²) in [6.45, 7) is 3.07. The molecule has 3 heterocycles. The fraction of sp³-hybridized carbons (Fsp3) is 0.579. The Kier molecular flexibility index (Phi) is 3.37. The highest BCUT2D eigenvalue weighted by Gasteiger charge is 2.34. The van der Waals surface area contributed by atoms with Gasteiger partial charge in [-0.15, -0.1) is 0 Å². The molecule has 0 radical (unpaired) electrons. The van der Waals surface area contributed by atoms with E-state index in [1.807, 2.05) is 0 Å². The summed E-state index contributed by atoms with van der Waals surface area (Å²) in [5.74, 6) is 2.43. The molecular formula is C19H25N5. The Morgan fingerprint density at radius 1 is 1.17 bits per heavy atom. The van der Waals surface area contributed by atoms with Crippen molar-refractivity contribution in [3.05, 3.63) is 30.1 Å². The number of hydrogen-bond acceptors (Lipinski definition) is 4. The molecule has 2 saturated carbocycles. The Hall–Kier alpha value is -1.88. The molecule has 0 atom stereocenters. The molecule has 2 aromatic rings. The number of pyridine rings is 1. The Bertz CT molecular complexity index is 738. The van der Waals surface area contributed by atoms with Crippen molar-refractivity contribution in [2.24, 2.45) is 11.7 Å². The van der Waals surface area contributed by atoms with E-state index in [1.165, 1.54) is 43.4 Å². The first-order chi connectivity index (χ1) is 11.8. The summed E-state index contributed by atoms with van der Waals surface area (Å²) < 4.78 is 2.20.